The van der Waals surface area contributed by atoms with Gasteiger partial charge >= 0.3 is 6.18 Å². The van der Waals surface area contributed by atoms with E-state index >= 15 is 0 Å². The molecule has 0 spiro atoms. The van der Waals surface area contributed by atoms with Crippen molar-refractivity contribution in [3.63, 3.8) is 0 Å². The molecule has 2 aromatic heterocycles. The quantitative estimate of drug-likeness (QED) is 0.278. The molecular formula is C29H24F4N6O3. The summed E-state index contributed by atoms with van der Waals surface area (Å²) in [6.45, 7) is 5.87. The van der Waals surface area contributed by atoms with E-state index < -0.39 is 47.1 Å². The molecule has 0 saturated carbocycles. The zero-order valence-corrected chi connectivity index (χ0v) is 22.5. The first-order chi connectivity index (χ1) is 19.8. The molecule has 0 bridgehead atoms. The highest BCUT2D eigenvalue weighted by molar-refractivity contribution is 6.00. The smallest absolute Gasteiger partial charge is 0.391 e. The highest BCUT2D eigenvalue weighted by Gasteiger charge is 2.43. The Balaban J connectivity index is 1.74. The second-order valence-electron chi connectivity index (χ2n) is 9.49. The largest absolute Gasteiger partial charge is 0.417 e. The molecule has 1 amide bonds. The first-order valence-electron chi connectivity index (χ1n) is 12.6. The Morgan fingerprint density at radius 2 is 1.95 bits per heavy atom. The molecule has 9 nitrogen and oxygen atoms in total. The second-order valence-corrected chi connectivity index (χ2v) is 9.49. The lowest BCUT2D eigenvalue weighted by atomic mass is 10.1. The number of aromatic nitrogens is 3. The van der Waals surface area contributed by atoms with E-state index in [-0.39, 0.29) is 36.7 Å². The third kappa shape index (κ3) is 6.16. The van der Waals surface area contributed by atoms with Crippen LogP contribution in [0.1, 0.15) is 39.3 Å². The summed E-state index contributed by atoms with van der Waals surface area (Å²) in [6, 6.07) is 6.02. The summed E-state index contributed by atoms with van der Waals surface area (Å²) in [5, 5.41) is 24.2. The highest BCUT2D eigenvalue weighted by Crippen LogP contribution is 2.38. The molecule has 1 aliphatic rings. The van der Waals surface area contributed by atoms with E-state index in [4.69, 9.17) is 0 Å². The number of aryl methyl sites for hydroxylation is 2. The molecule has 3 aromatic rings. The number of rotatable bonds is 5. The molecular weight excluding hydrogens is 556 g/mol. The molecule has 4 rings (SSSR count). The van der Waals surface area contributed by atoms with Crippen LogP contribution in [0.5, 0.6) is 0 Å². The Morgan fingerprint density at radius 3 is 2.57 bits per heavy atom. The number of aliphatic hydroxyl groups is 1. The average Bonchev–Trinajstić information content (AvgIpc) is 3.52. The number of benzene rings is 1. The first kappa shape index (κ1) is 30.0. The maximum atomic E-state index is 14.0. The van der Waals surface area contributed by atoms with Gasteiger partial charge in [-0.3, -0.25) is 14.5 Å². The van der Waals surface area contributed by atoms with Gasteiger partial charge in [0.2, 0.25) is 0 Å². The summed E-state index contributed by atoms with van der Waals surface area (Å²) in [4.78, 5) is 32.4. The van der Waals surface area contributed by atoms with Gasteiger partial charge in [0.25, 0.3) is 11.8 Å². The number of nitrogens with zero attached hydrogens (tertiary/aromatic N) is 6. The molecule has 216 valence electrons. The molecule has 0 aliphatic carbocycles. The Morgan fingerprint density at radius 1 is 1.26 bits per heavy atom. The van der Waals surface area contributed by atoms with Crippen molar-refractivity contribution in [2.75, 3.05) is 22.9 Å². The van der Waals surface area contributed by atoms with Crippen molar-refractivity contribution in [1.29, 1.82) is 5.26 Å². The van der Waals surface area contributed by atoms with E-state index in [1.165, 1.54) is 35.1 Å². The van der Waals surface area contributed by atoms with Gasteiger partial charge in [0.05, 0.1) is 35.7 Å². The molecule has 1 saturated heterocycles. The van der Waals surface area contributed by atoms with Gasteiger partial charge in [-0.2, -0.15) is 23.5 Å². The number of anilines is 2. The topological polar surface area (TPSA) is 115 Å². The lowest BCUT2D eigenvalue weighted by molar-refractivity contribution is -0.137. The number of hydrogen-bond acceptors (Lipinski definition) is 7. The minimum Gasteiger partial charge on any atom is -0.391 e. The zero-order valence-electron chi connectivity index (χ0n) is 22.5. The fourth-order valence-electron chi connectivity index (χ4n) is 4.58. The van der Waals surface area contributed by atoms with Crippen LogP contribution in [0.4, 0.5) is 29.1 Å². The van der Waals surface area contributed by atoms with Crippen LogP contribution in [0, 0.1) is 42.8 Å². The van der Waals surface area contributed by atoms with Gasteiger partial charge in [-0.05, 0) is 50.3 Å². The highest BCUT2D eigenvalue weighted by atomic mass is 19.4. The fraction of sp³-hybridized carbons (Fsp3) is 0.276. The Labute approximate surface area is 238 Å². The van der Waals surface area contributed by atoms with Gasteiger partial charge in [0.15, 0.2) is 0 Å². The molecule has 3 heterocycles. The number of allylic oxidation sites excluding steroid dienone is 1. The van der Waals surface area contributed by atoms with Crippen molar-refractivity contribution in [3.8, 4) is 17.9 Å². The third-order valence-electron chi connectivity index (χ3n) is 6.55. The normalized spacial score (nSPS) is 16.4. The summed E-state index contributed by atoms with van der Waals surface area (Å²) >= 11 is 0. The van der Waals surface area contributed by atoms with Crippen LogP contribution in [0.3, 0.4) is 0 Å². The first-order valence-corrected chi connectivity index (χ1v) is 12.6. The number of β-amino-alcohol motifs (C(OH)–C–C–N with tert-alkyl or cyclic N) is 1. The Hall–Kier alpha value is -5.01. The Kier molecular flexibility index (Phi) is 8.45. The summed E-state index contributed by atoms with van der Waals surface area (Å²) in [7, 11) is 0. The molecule has 1 N–H and O–H groups in total. The second kappa shape index (κ2) is 11.8. The van der Waals surface area contributed by atoms with Crippen molar-refractivity contribution in [1.82, 2.24) is 14.8 Å². The van der Waals surface area contributed by atoms with Gasteiger partial charge in [0.1, 0.15) is 29.3 Å². The number of alkyl halides is 3. The van der Waals surface area contributed by atoms with E-state index in [9.17, 15) is 37.5 Å². The molecule has 1 aromatic carbocycles. The van der Waals surface area contributed by atoms with Crippen molar-refractivity contribution >= 4 is 23.3 Å². The van der Waals surface area contributed by atoms with Crippen LogP contribution in [0.2, 0.25) is 0 Å². The van der Waals surface area contributed by atoms with Crippen LogP contribution >= 0.6 is 0 Å². The molecule has 1 fully saturated rings. The maximum Gasteiger partial charge on any atom is 0.417 e. The Bertz CT molecular complexity index is 1650. The van der Waals surface area contributed by atoms with Crippen molar-refractivity contribution < 1.29 is 32.3 Å². The van der Waals surface area contributed by atoms with E-state index in [1.807, 2.05) is 0 Å². The SMILES string of the molecule is C=CC(=O)n1cc(C#CCN(C(=O)[C@@H]2C[C@H](O)CN2c2nc(C)cc(C(F)(F)F)c2C#N)c2ccc(F)cc2)c(C)n1. The maximum absolute atomic E-state index is 14.0. The van der Waals surface area contributed by atoms with Gasteiger partial charge in [0, 0.05) is 24.3 Å². The summed E-state index contributed by atoms with van der Waals surface area (Å²) in [5.74, 6) is 3.60. The number of hydrogen-bond donors (Lipinski definition) is 1. The van der Waals surface area contributed by atoms with Gasteiger partial charge in [-0.25, -0.2) is 14.1 Å². The zero-order chi connectivity index (χ0) is 30.8. The monoisotopic (exact) mass is 580 g/mol. The van der Waals surface area contributed by atoms with Crippen molar-refractivity contribution in [2.45, 2.75) is 38.6 Å². The van der Waals surface area contributed by atoms with E-state index in [2.05, 4.69) is 28.5 Å². The summed E-state index contributed by atoms with van der Waals surface area (Å²) in [5.41, 5.74) is -0.924. The lowest BCUT2D eigenvalue weighted by Gasteiger charge is -2.31. The summed E-state index contributed by atoms with van der Waals surface area (Å²) < 4.78 is 56.1. The average molecular weight is 581 g/mol. The van der Waals surface area contributed by atoms with Crippen LogP contribution in [0.25, 0.3) is 0 Å². The van der Waals surface area contributed by atoms with E-state index in [0.29, 0.717) is 11.3 Å². The minimum absolute atomic E-state index is 0.0315. The molecule has 0 unspecified atom stereocenters. The number of amides is 1. The van der Waals surface area contributed by atoms with Gasteiger partial charge in [-0.1, -0.05) is 18.4 Å². The molecule has 1 aliphatic heterocycles. The van der Waals surface area contributed by atoms with Crippen molar-refractivity contribution in [3.05, 3.63) is 83.1 Å². The number of carbonyl (C=O) groups is 2. The van der Waals surface area contributed by atoms with Crippen LogP contribution < -0.4 is 9.80 Å². The van der Waals surface area contributed by atoms with Crippen molar-refractivity contribution in [2.24, 2.45) is 0 Å². The van der Waals surface area contributed by atoms with Crippen LogP contribution in [-0.4, -0.2) is 56.9 Å². The molecule has 13 heteroatoms. The standard InChI is InChI=1S/C29H24F4N6O3/c1-4-26(41)39-15-19(18(3)36-39)6-5-11-37(21-9-7-20(30)8-10-21)28(42)25-13-22(40)16-38(25)27-23(14-34)24(29(31,32)33)12-17(2)35-27/h4,7-10,12,15,22,25,40H,1,11,13,16H2,2-3H3/t22-,25-/m0/s1. The number of halogens is 4. The fourth-order valence-corrected chi connectivity index (χ4v) is 4.58. The summed E-state index contributed by atoms with van der Waals surface area (Å²) in [6.07, 6.45) is -3.65. The number of nitriles is 1. The number of aliphatic hydroxyl groups excluding tert-OH is 1. The third-order valence-corrected chi connectivity index (χ3v) is 6.55. The minimum atomic E-state index is -4.86. The van der Waals surface area contributed by atoms with Crippen LogP contribution in [-0.2, 0) is 11.0 Å². The number of pyridine rings is 1. The predicted octanol–water partition coefficient (Wildman–Crippen LogP) is 3.78. The number of carbonyl (C=O) groups excluding carboxylic acids is 2. The molecule has 0 radical (unpaired) electrons. The van der Waals surface area contributed by atoms with Gasteiger partial charge in [-0.15, -0.1) is 0 Å². The van der Waals surface area contributed by atoms with E-state index in [1.54, 1.807) is 13.0 Å². The van der Waals surface area contributed by atoms with Crippen LogP contribution in [0.15, 0.2) is 49.2 Å². The van der Waals surface area contributed by atoms with E-state index in [0.717, 1.165) is 29.0 Å². The lowest BCUT2D eigenvalue weighted by Crippen LogP contribution is -2.47. The molecule has 2 atom stereocenters. The predicted molar refractivity (Wildman–Crippen MR) is 144 cm³/mol. The van der Waals surface area contributed by atoms with Gasteiger partial charge < -0.3 is 10.0 Å². The molecule has 42 heavy (non-hydrogen) atoms.